The van der Waals surface area contributed by atoms with E-state index in [1.165, 1.54) is 0 Å². The number of carboxylic acids is 1. The van der Waals surface area contributed by atoms with Crippen molar-refractivity contribution in [2.45, 2.75) is 24.6 Å². The molecule has 80 valence electrons. The normalized spacial score (nSPS) is 20.1. The summed E-state index contributed by atoms with van der Waals surface area (Å²) in [5, 5.41) is 8.85. The summed E-state index contributed by atoms with van der Waals surface area (Å²) in [6.07, 6.45) is 1.25. The maximum atomic E-state index is 11.8. The first-order chi connectivity index (χ1) is 7.02. The Kier molecular flexibility index (Phi) is 2.42. The Bertz CT molecular complexity index is 447. The predicted molar refractivity (Wildman–Crippen MR) is 55.8 cm³/mol. The second kappa shape index (κ2) is 3.48. The maximum absolute atomic E-state index is 11.8. The van der Waals surface area contributed by atoms with Crippen molar-refractivity contribution < 1.29 is 19.1 Å². The fraction of sp³-hybridized carbons (Fsp3) is 0.400. The number of hydrogen-bond donors (Lipinski definition) is 1. The van der Waals surface area contributed by atoms with Gasteiger partial charge < -0.3 is 9.52 Å². The van der Waals surface area contributed by atoms with Crippen molar-refractivity contribution in [3.63, 3.8) is 0 Å². The van der Waals surface area contributed by atoms with Gasteiger partial charge in [0.25, 0.3) is 0 Å². The second-order valence-corrected chi connectivity index (χ2v) is 4.64. The summed E-state index contributed by atoms with van der Waals surface area (Å²) < 4.78 is 5.18. The van der Waals surface area contributed by atoms with Crippen molar-refractivity contribution in [2.75, 3.05) is 0 Å². The molecule has 0 bridgehead atoms. The Labute approximate surface area is 94.4 Å². The molecule has 4 nitrogen and oxygen atoms in total. The molecular weight excluding hydrogens is 264 g/mol. The first kappa shape index (κ1) is 10.4. The molecule has 0 spiro atoms. The topological polar surface area (TPSA) is 67.5 Å². The summed E-state index contributed by atoms with van der Waals surface area (Å²) in [7, 11) is 0. The van der Waals surface area contributed by atoms with Gasteiger partial charge in [-0.15, -0.1) is 0 Å². The minimum Gasteiger partial charge on any atom is -0.475 e. The second-order valence-electron chi connectivity index (χ2n) is 3.53. The Morgan fingerprint density at radius 3 is 2.87 bits per heavy atom. The van der Waals surface area contributed by atoms with Crippen molar-refractivity contribution in [3.8, 4) is 0 Å². The van der Waals surface area contributed by atoms with Crippen molar-refractivity contribution in [3.05, 3.63) is 22.6 Å². The van der Waals surface area contributed by atoms with Crippen LogP contribution in [0.4, 0.5) is 0 Å². The largest absolute Gasteiger partial charge is 0.475 e. The number of furan rings is 1. The maximum Gasteiger partial charge on any atom is 0.372 e. The Hall–Kier alpha value is -1.10. The van der Waals surface area contributed by atoms with E-state index in [4.69, 9.17) is 9.52 Å². The fourth-order valence-electron chi connectivity index (χ4n) is 1.82. The van der Waals surface area contributed by atoms with Crippen molar-refractivity contribution >= 4 is 27.7 Å². The average Bonchev–Trinajstić information content (AvgIpc) is 2.50. The van der Waals surface area contributed by atoms with E-state index in [-0.39, 0.29) is 16.4 Å². The van der Waals surface area contributed by atoms with E-state index >= 15 is 0 Å². The van der Waals surface area contributed by atoms with Crippen molar-refractivity contribution in [1.82, 2.24) is 0 Å². The molecule has 0 fully saturated rings. The lowest BCUT2D eigenvalue weighted by atomic mass is 9.94. The van der Waals surface area contributed by atoms with Crippen LogP contribution in [-0.2, 0) is 6.42 Å². The summed E-state index contributed by atoms with van der Waals surface area (Å²) in [6.45, 7) is 1.61. The van der Waals surface area contributed by atoms with Crippen LogP contribution in [0.2, 0.25) is 0 Å². The lowest BCUT2D eigenvalue weighted by molar-refractivity contribution is 0.0658. The number of ketones is 1. The first-order valence-electron chi connectivity index (χ1n) is 4.56. The summed E-state index contributed by atoms with van der Waals surface area (Å²) in [5.41, 5.74) is 0.882. The Morgan fingerprint density at radius 1 is 1.60 bits per heavy atom. The molecule has 0 aromatic carbocycles. The summed E-state index contributed by atoms with van der Waals surface area (Å²) in [6, 6.07) is 0. The van der Waals surface area contributed by atoms with Gasteiger partial charge in [0, 0.05) is 12.0 Å². The van der Waals surface area contributed by atoms with Crippen LogP contribution < -0.4 is 0 Å². The highest BCUT2D eigenvalue weighted by Crippen LogP contribution is 2.31. The summed E-state index contributed by atoms with van der Waals surface area (Å²) >= 11 is 3.27. The van der Waals surface area contributed by atoms with Gasteiger partial charge in [-0.2, -0.15) is 0 Å². The smallest absolute Gasteiger partial charge is 0.372 e. The van der Waals surface area contributed by atoms with Crippen LogP contribution in [0.5, 0.6) is 0 Å². The standard InChI is InChI=1S/C10H9BrO4/c1-4-7-6(15-9(4)10(13)14)3-2-5(11)8(7)12/h5H,2-3H2,1H3,(H,13,14)/t5-/m1/s1. The molecule has 0 saturated carbocycles. The van der Waals surface area contributed by atoms with Gasteiger partial charge in [-0.25, -0.2) is 4.79 Å². The zero-order valence-corrected chi connectivity index (χ0v) is 9.63. The van der Waals surface area contributed by atoms with Crippen molar-refractivity contribution in [1.29, 1.82) is 0 Å². The third-order valence-electron chi connectivity index (χ3n) is 2.57. The van der Waals surface area contributed by atoms with Gasteiger partial charge >= 0.3 is 5.97 Å². The minimum atomic E-state index is -1.12. The number of carboxylic acid groups (broad SMARTS) is 1. The molecular formula is C10H9BrO4. The molecule has 0 saturated heterocycles. The molecule has 0 unspecified atom stereocenters. The molecule has 1 aromatic rings. The van der Waals surface area contributed by atoms with Gasteiger partial charge in [-0.3, -0.25) is 4.79 Å². The molecule has 15 heavy (non-hydrogen) atoms. The lowest BCUT2D eigenvalue weighted by Gasteiger charge is -2.14. The van der Waals surface area contributed by atoms with E-state index in [0.29, 0.717) is 29.7 Å². The monoisotopic (exact) mass is 272 g/mol. The number of carbonyl (C=O) groups excluding carboxylic acids is 1. The Morgan fingerprint density at radius 2 is 2.27 bits per heavy atom. The van der Waals surface area contributed by atoms with Crippen LogP contribution in [-0.4, -0.2) is 21.7 Å². The van der Waals surface area contributed by atoms with E-state index in [0.717, 1.165) is 0 Å². The van der Waals surface area contributed by atoms with Gasteiger partial charge in [0.2, 0.25) is 5.76 Å². The van der Waals surface area contributed by atoms with E-state index in [1.807, 2.05) is 0 Å². The Balaban J connectivity index is 2.59. The number of Topliss-reactive ketones (excluding diaryl/α,β-unsaturated/α-hetero) is 1. The van der Waals surface area contributed by atoms with Crippen LogP contribution in [0.3, 0.4) is 0 Å². The van der Waals surface area contributed by atoms with Crippen LogP contribution in [0.1, 0.15) is 38.7 Å². The summed E-state index contributed by atoms with van der Waals surface area (Å²) in [4.78, 5) is 22.4. The number of hydrogen-bond acceptors (Lipinski definition) is 3. The first-order valence-corrected chi connectivity index (χ1v) is 5.47. The number of aryl methyl sites for hydroxylation is 1. The number of aromatic carboxylic acids is 1. The SMILES string of the molecule is Cc1c(C(=O)O)oc2c1C(=O)[C@H](Br)CC2. The zero-order valence-electron chi connectivity index (χ0n) is 8.04. The molecule has 1 heterocycles. The van der Waals surface area contributed by atoms with Gasteiger partial charge in [-0.1, -0.05) is 15.9 Å². The fourth-order valence-corrected chi connectivity index (χ4v) is 2.28. The molecule has 1 atom stereocenters. The van der Waals surface area contributed by atoms with E-state index in [2.05, 4.69) is 15.9 Å². The number of fused-ring (bicyclic) bond motifs is 1. The van der Waals surface area contributed by atoms with Crippen LogP contribution in [0.15, 0.2) is 4.42 Å². The van der Waals surface area contributed by atoms with Gasteiger partial charge in [0.05, 0.1) is 10.4 Å². The van der Waals surface area contributed by atoms with Crippen molar-refractivity contribution in [2.24, 2.45) is 0 Å². The van der Waals surface area contributed by atoms with E-state index < -0.39 is 5.97 Å². The molecule has 1 aliphatic carbocycles. The van der Waals surface area contributed by atoms with Gasteiger partial charge in [0.15, 0.2) is 5.78 Å². The van der Waals surface area contributed by atoms with Gasteiger partial charge in [0.1, 0.15) is 5.76 Å². The zero-order chi connectivity index (χ0) is 11.2. The molecule has 2 rings (SSSR count). The number of rotatable bonds is 1. The number of halogens is 1. The molecule has 0 radical (unpaired) electrons. The third-order valence-corrected chi connectivity index (χ3v) is 3.44. The minimum absolute atomic E-state index is 0.0787. The molecule has 1 aliphatic rings. The van der Waals surface area contributed by atoms with E-state index in [9.17, 15) is 9.59 Å². The van der Waals surface area contributed by atoms with Crippen LogP contribution in [0.25, 0.3) is 0 Å². The predicted octanol–water partition coefficient (Wildman–Crippen LogP) is 2.18. The van der Waals surface area contributed by atoms with Gasteiger partial charge in [-0.05, 0) is 13.3 Å². The van der Waals surface area contributed by atoms with Crippen LogP contribution in [0, 0.1) is 6.92 Å². The van der Waals surface area contributed by atoms with Crippen LogP contribution >= 0.6 is 15.9 Å². The van der Waals surface area contributed by atoms with E-state index in [1.54, 1.807) is 6.92 Å². The number of alkyl halides is 1. The highest BCUT2D eigenvalue weighted by molar-refractivity contribution is 9.10. The average molecular weight is 273 g/mol. The highest BCUT2D eigenvalue weighted by Gasteiger charge is 2.33. The molecule has 1 N–H and O–H groups in total. The highest BCUT2D eigenvalue weighted by atomic mass is 79.9. The lowest BCUT2D eigenvalue weighted by Crippen LogP contribution is -2.21. The molecule has 0 amide bonds. The quantitative estimate of drug-likeness (QED) is 0.796. The third kappa shape index (κ3) is 1.51. The number of carbonyl (C=O) groups is 2. The molecule has 5 heteroatoms. The molecule has 1 aromatic heterocycles. The summed E-state index contributed by atoms with van der Waals surface area (Å²) in [5.74, 6) is -0.814. The molecule has 0 aliphatic heterocycles.